The molecule has 0 bridgehead atoms. The van der Waals surface area contributed by atoms with Crippen molar-refractivity contribution in [1.29, 1.82) is 0 Å². The van der Waals surface area contributed by atoms with Gasteiger partial charge in [0.25, 0.3) is 0 Å². The van der Waals surface area contributed by atoms with Crippen LogP contribution in [-0.4, -0.2) is 35.7 Å². The average molecular weight is 183 g/mol. The molecule has 0 spiro atoms. The Labute approximate surface area is 80.9 Å². The van der Waals surface area contributed by atoms with E-state index in [4.69, 9.17) is 5.11 Å². The van der Waals surface area contributed by atoms with E-state index in [1.807, 2.05) is 0 Å². The number of nitrogens with zero attached hydrogens (tertiary/aromatic N) is 1. The summed E-state index contributed by atoms with van der Waals surface area (Å²) >= 11 is 0. The third-order valence-electron chi connectivity index (χ3n) is 3.38. The molecule has 0 heterocycles. The molecule has 0 aromatic rings. The van der Waals surface area contributed by atoms with E-state index < -0.39 is 0 Å². The monoisotopic (exact) mass is 183 g/mol. The fraction of sp³-hybridized carbons (Fsp3) is 1.00. The second kappa shape index (κ2) is 4.43. The first-order chi connectivity index (χ1) is 6.40. The van der Waals surface area contributed by atoms with Gasteiger partial charge in [-0.3, -0.25) is 0 Å². The summed E-state index contributed by atoms with van der Waals surface area (Å²) in [7, 11) is 0. The highest BCUT2D eigenvalue weighted by Crippen LogP contribution is 2.33. The van der Waals surface area contributed by atoms with Crippen LogP contribution in [0.4, 0.5) is 0 Å². The molecule has 2 aliphatic carbocycles. The van der Waals surface area contributed by atoms with E-state index in [1.165, 1.54) is 38.6 Å². The maximum absolute atomic E-state index is 8.81. The molecule has 2 aliphatic rings. The molecule has 0 atom stereocenters. The van der Waals surface area contributed by atoms with Gasteiger partial charge < -0.3 is 10.0 Å². The maximum Gasteiger partial charge on any atom is 0.0443 e. The van der Waals surface area contributed by atoms with Crippen LogP contribution < -0.4 is 0 Å². The Hall–Kier alpha value is -0.0800. The van der Waals surface area contributed by atoms with Gasteiger partial charge in [-0.1, -0.05) is 6.42 Å². The summed E-state index contributed by atoms with van der Waals surface area (Å²) in [5, 5.41) is 8.81. The highest BCUT2D eigenvalue weighted by atomic mass is 16.3. The Morgan fingerprint density at radius 3 is 2.38 bits per heavy atom. The topological polar surface area (TPSA) is 23.5 Å². The lowest BCUT2D eigenvalue weighted by Gasteiger charge is -2.37. The fourth-order valence-electron chi connectivity index (χ4n) is 2.08. The first-order valence-corrected chi connectivity index (χ1v) is 5.75. The third kappa shape index (κ3) is 2.68. The van der Waals surface area contributed by atoms with Crippen LogP contribution in [0.1, 0.15) is 38.5 Å². The molecule has 2 heteroatoms. The molecule has 2 fully saturated rings. The van der Waals surface area contributed by atoms with Crippen molar-refractivity contribution in [2.45, 2.75) is 44.6 Å². The fourth-order valence-corrected chi connectivity index (χ4v) is 2.08. The van der Waals surface area contributed by atoms with Gasteiger partial charge in [0, 0.05) is 25.7 Å². The molecule has 0 amide bonds. The average Bonchev–Trinajstić information content (AvgIpc) is 2.80. The van der Waals surface area contributed by atoms with Crippen molar-refractivity contribution in [3.05, 3.63) is 0 Å². The molecule has 0 radical (unpaired) electrons. The maximum atomic E-state index is 8.81. The van der Waals surface area contributed by atoms with Crippen LogP contribution in [0.15, 0.2) is 0 Å². The summed E-state index contributed by atoms with van der Waals surface area (Å²) in [6.45, 7) is 2.79. The molecule has 0 unspecified atom stereocenters. The van der Waals surface area contributed by atoms with Crippen LogP contribution in [-0.2, 0) is 0 Å². The van der Waals surface area contributed by atoms with E-state index in [-0.39, 0.29) is 0 Å². The molecule has 13 heavy (non-hydrogen) atoms. The molecule has 76 valence electrons. The standard InChI is InChI=1S/C11H21NO/c13-8-2-7-12(9-10-5-6-10)11-3-1-4-11/h10-11,13H,1-9H2. The molecule has 0 saturated heterocycles. The van der Waals surface area contributed by atoms with Gasteiger partial charge >= 0.3 is 0 Å². The van der Waals surface area contributed by atoms with Crippen LogP contribution in [0.25, 0.3) is 0 Å². The Morgan fingerprint density at radius 2 is 1.92 bits per heavy atom. The molecule has 0 aliphatic heterocycles. The zero-order valence-electron chi connectivity index (χ0n) is 8.41. The summed E-state index contributed by atoms with van der Waals surface area (Å²) < 4.78 is 0. The van der Waals surface area contributed by atoms with Crippen LogP contribution in [0.5, 0.6) is 0 Å². The zero-order chi connectivity index (χ0) is 9.10. The smallest absolute Gasteiger partial charge is 0.0443 e. The number of aliphatic hydroxyl groups excluding tert-OH is 1. The van der Waals surface area contributed by atoms with Crippen molar-refractivity contribution in [1.82, 2.24) is 4.90 Å². The van der Waals surface area contributed by atoms with Gasteiger partial charge in [0.05, 0.1) is 0 Å². The van der Waals surface area contributed by atoms with Gasteiger partial charge in [-0.2, -0.15) is 0 Å². The van der Waals surface area contributed by atoms with Crippen molar-refractivity contribution in [2.75, 3.05) is 19.7 Å². The normalized spacial score (nSPS) is 23.5. The van der Waals surface area contributed by atoms with E-state index in [1.54, 1.807) is 0 Å². The van der Waals surface area contributed by atoms with Gasteiger partial charge in [0.15, 0.2) is 0 Å². The number of hydrogen-bond acceptors (Lipinski definition) is 2. The minimum Gasteiger partial charge on any atom is -0.396 e. The van der Waals surface area contributed by atoms with Crippen molar-refractivity contribution < 1.29 is 5.11 Å². The number of aliphatic hydroxyl groups is 1. The highest BCUT2D eigenvalue weighted by molar-refractivity contribution is 4.85. The van der Waals surface area contributed by atoms with Gasteiger partial charge in [-0.25, -0.2) is 0 Å². The minimum atomic E-state index is 0.355. The molecular formula is C11H21NO. The summed E-state index contributed by atoms with van der Waals surface area (Å²) in [6.07, 6.45) is 8.08. The second-order valence-electron chi connectivity index (χ2n) is 4.60. The molecule has 0 aromatic heterocycles. The summed E-state index contributed by atoms with van der Waals surface area (Å²) in [5.74, 6) is 0.999. The van der Waals surface area contributed by atoms with E-state index in [0.29, 0.717) is 6.61 Å². The molecule has 2 nitrogen and oxygen atoms in total. The number of rotatable bonds is 6. The molecular weight excluding hydrogens is 162 g/mol. The van der Waals surface area contributed by atoms with E-state index >= 15 is 0 Å². The lowest BCUT2D eigenvalue weighted by atomic mass is 9.91. The lowest BCUT2D eigenvalue weighted by molar-refractivity contribution is 0.111. The first-order valence-electron chi connectivity index (χ1n) is 5.75. The summed E-state index contributed by atoms with van der Waals surface area (Å²) in [6, 6.07) is 0.868. The van der Waals surface area contributed by atoms with Crippen LogP contribution in [0.2, 0.25) is 0 Å². The summed E-state index contributed by atoms with van der Waals surface area (Å²) in [5.41, 5.74) is 0. The molecule has 0 aromatic carbocycles. The Balaban J connectivity index is 1.71. The van der Waals surface area contributed by atoms with Crippen molar-refractivity contribution in [2.24, 2.45) is 5.92 Å². The predicted molar refractivity (Wildman–Crippen MR) is 53.6 cm³/mol. The van der Waals surface area contributed by atoms with Gasteiger partial charge in [-0.15, -0.1) is 0 Å². The number of hydrogen-bond donors (Lipinski definition) is 1. The van der Waals surface area contributed by atoms with E-state index in [9.17, 15) is 0 Å². The quantitative estimate of drug-likeness (QED) is 0.676. The Bertz CT molecular complexity index is 152. The Morgan fingerprint density at radius 1 is 1.15 bits per heavy atom. The lowest BCUT2D eigenvalue weighted by Crippen LogP contribution is -2.42. The van der Waals surface area contributed by atoms with E-state index in [0.717, 1.165) is 24.9 Å². The first kappa shape index (κ1) is 9.47. The molecule has 1 N–H and O–H groups in total. The van der Waals surface area contributed by atoms with Gasteiger partial charge in [0.1, 0.15) is 0 Å². The van der Waals surface area contributed by atoms with Crippen LogP contribution >= 0.6 is 0 Å². The van der Waals surface area contributed by atoms with Gasteiger partial charge in [-0.05, 0) is 38.0 Å². The van der Waals surface area contributed by atoms with Gasteiger partial charge in [0.2, 0.25) is 0 Å². The van der Waals surface area contributed by atoms with Crippen molar-refractivity contribution in [3.63, 3.8) is 0 Å². The zero-order valence-corrected chi connectivity index (χ0v) is 8.41. The largest absolute Gasteiger partial charge is 0.396 e. The second-order valence-corrected chi connectivity index (χ2v) is 4.60. The van der Waals surface area contributed by atoms with Crippen molar-refractivity contribution >= 4 is 0 Å². The molecule has 2 rings (SSSR count). The van der Waals surface area contributed by atoms with Crippen molar-refractivity contribution in [3.8, 4) is 0 Å². The third-order valence-corrected chi connectivity index (χ3v) is 3.38. The highest BCUT2D eigenvalue weighted by Gasteiger charge is 2.30. The molecule has 2 saturated carbocycles. The minimum absolute atomic E-state index is 0.355. The SMILES string of the molecule is OCCCN(CC1CC1)C1CCC1. The predicted octanol–water partition coefficient (Wildman–Crippen LogP) is 1.63. The van der Waals surface area contributed by atoms with Crippen LogP contribution in [0, 0.1) is 5.92 Å². The Kier molecular flexibility index (Phi) is 3.23. The van der Waals surface area contributed by atoms with Crippen LogP contribution in [0.3, 0.4) is 0 Å². The summed E-state index contributed by atoms with van der Waals surface area (Å²) in [4.78, 5) is 2.62. The van der Waals surface area contributed by atoms with E-state index in [2.05, 4.69) is 4.90 Å².